The van der Waals surface area contributed by atoms with E-state index in [2.05, 4.69) is 4.98 Å². The first-order valence-electron chi connectivity index (χ1n) is 13.2. The largest absolute Gasteiger partial charge is 0.493 e. The number of nitrogens with zero attached hydrogens (tertiary/aromatic N) is 2. The van der Waals surface area contributed by atoms with Crippen molar-refractivity contribution < 1.29 is 28.6 Å². The zero-order valence-corrected chi connectivity index (χ0v) is 22.3. The van der Waals surface area contributed by atoms with Gasteiger partial charge in [0, 0.05) is 25.1 Å². The number of hydrogen-bond acceptors (Lipinski definition) is 6. The number of amides is 1. The van der Waals surface area contributed by atoms with Crippen molar-refractivity contribution in [1.82, 2.24) is 9.88 Å². The molecule has 0 unspecified atom stereocenters. The van der Waals surface area contributed by atoms with Crippen LogP contribution in [0.2, 0.25) is 0 Å². The lowest BCUT2D eigenvalue weighted by Crippen LogP contribution is -2.47. The second kappa shape index (κ2) is 12.6. The van der Waals surface area contributed by atoms with E-state index in [1.807, 2.05) is 75.4 Å². The Hall–Kier alpha value is -3.81. The SMILES string of the molecule is Cc1oc(-c2ccccc2)nc1CCOc1ccc(C[C@@H]2CN(C(=O)OCC(C)C)CC[C@@H]2C(=O)O)cc1. The van der Waals surface area contributed by atoms with Crippen molar-refractivity contribution in [2.45, 2.75) is 40.0 Å². The molecule has 202 valence electrons. The monoisotopic (exact) mass is 520 g/mol. The Morgan fingerprint density at radius 1 is 1.13 bits per heavy atom. The molecular weight excluding hydrogens is 484 g/mol. The third kappa shape index (κ3) is 7.15. The summed E-state index contributed by atoms with van der Waals surface area (Å²) in [6.07, 6.45) is 1.24. The molecule has 1 aromatic heterocycles. The highest BCUT2D eigenvalue weighted by Crippen LogP contribution is 2.29. The van der Waals surface area contributed by atoms with Crippen LogP contribution in [0.3, 0.4) is 0 Å². The molecule has 0 radical (unpaired) electrons. The van der Waals surface area contributed by atoms with Crippen molar-refractivity contribution in [3.8, 4) is 17.2 Å². The normalized spacial score (nSPS) is 17.4. The van der Waals surface area contributed by atoms with Gasteiger partial charge in [0.05, 0.1) is 24.8 Å². The van der Waals surface area contributed by atoms with E-state index < -0.39 is 11.9 Å². The van der Waals surface area contributed by atoms with Gasteiger partial charge in [-0.1, -0.05) is 44.2 Å². The van der Waals surface area contributed by atoms with Crippen molar-refractivity contribution in [2.75, 3.05) is 26.3 Å². The Morgan fingerprint density at radius 3 is 2.55 bits per heavy atom. The summed E-state index contributed by atoms with van der Waals surface area (Å²) in [6, 6.07) is 17.5. The van der Waals surface area contributed by atoms with Crippen LogP contribution in [0.4, 0.5) is 4.79 Å². The number of oxazole rings is 1. The minimum absolute atomic E-state index is 0.187. The van der Waals surface area contributed by atoms with Crippen LogP contribution in [0.25, 0.3) is 11.5 Å². The number of carboxylic acids is 1. The smallest absolute Gasteiger partial charge is 0.409 e. The van der Waals surface area contributed by atoms with Crippen LogP contribution in [-0.4, -0.2) is 53.4 Å². The van der Waals surface area contributed by atoms with Crippen LogP contribution in [0.1, 0.15) is 37.3 Å². The van der Waals surface area contributed by atoms with Crippen molar-refractivity contribution in [1.29, 1.82) is 0 Å². The molecule has 38 heavy (non-hydrogen) atoms. The van der Waals surface area contributed by atoms with Gasteiger partial charge >= 0.3 is 12.1 Å². The van der Waals surface area contributed by atoms with E-state index in [-0.39, 0.29) is 17.9 Å². The van der Waals surface area contributed by atoms with Crippen LogP contribution < -0.4 is 4.74 Å². The number of likely N-dealkylation sites (tertiary alicyclic amines) is 1. The fraction of sp³-hybridized carbons (Fsp3) is 0.433. The highest BCUT2D eigenvalue weighted by molar-refractivity contribution is 5.72. The van der Waals surface area contributed by atoms with E-state index in [0.29, 0.717) is 51.5 Å². The lowest BCUT2D eigenvalue weighted by molar-refractivity contribution is -0.145. The summed E-state index contributed by atoms with van der Waals surface area (Å²) in [7, 11) is 0. The first-order chi connectivity index (χ1) is 18.3. The van der Waals surface area contributed by atoms with Crippen LogP contribution in [-0.2, 0) is 22.4 Å². The third-order valence-corrected chi connectivity index (χ3v) is 6.79. The maximum atomic E-state index is 12.4. The maximum Gasteiger partial charge on any atom is 0.409 e. The van der Waals surface area contributed by atoms with Gasteiger partial charge < -0.3 is 23.9 Å². The molecule has 4 rings (SSSR count). The van der Waals surface area contributed by atoms with E-state index in [4.69, 9.17) is 13.9 Å². The van der Waals surface area contributed by atoms with E-state index in [1.54, 1.807) is 4.90 Å². The maximum absolute atomic E-state index is 12.4. The molecule has 2 atom stereocenters. The molecule has 1 N–H and O–H groups in total. The van der Waals surface area contributed by atoms with Crippen LogP contribution in [0.5, 0.6) is 5.75 Å². The standard InChI is InChI=1S/C30H36N2O6/c1-20(2)19-37-30(35)32-15-13-26(29(33)34)24(18-32)17-22-9-11-25(12-10-22)36-16-14-27-21(3)38-28(31-27)23-7-5-4-6-8-23/h4-12,20,24,26H,13-19H2,1-3H3,(H,33,34)/t24-,26+/m1/s1. The first kappa shape index (κ1) is 27.2. The molecule has 3 aromatic rings. The average molecular weight is 521 g/mol. The van der Waals surface area contributed by atoms with Crippen molar-refractivity contribution >= 4 is 12.1 Å². The zero-order valence-electron chi connectivity index (χ0n) is 22.3. The average Bonchev–Trinajstić information content (AvgIpc) is 3.28. The third-order valence-electron chi connectivity index (χ3n) is 6.79. The number of rotatable bonds is 10. The number of aryl methyl sites for hydroxylation is 1. The van der Waals surface area contributed by atoms with Gasteiger partial charge in [-0.15, -0.1) is 0 Å². The predicted octanol–water partition coefficient (Wildman–Crippen LogP) is 5.63. The summed E-state index contributed by atoms with van der Waals surface area (Å²) in [4.78, 5) is 30.6. The van der Waals surface area contributed by atoms with Gasteiger partial charge in [-0.3, -0.25) is 4.79 Å². The molecule has 1 saturated heterocycles. The number of benzene rings is 2. The Bertz CT molecular complexity index is 1210. The van der Waals surface area contributed by atoms with Crippen molar-refractivity contribution in [3.05, 3.63) is 71.6 Å². The zero-order chi connectivity index (χ0) is 27.1. The van der Waals surface area contributed by atoms with Gasteiger partial charge in [-0.05, 0) is 61.4 Å². The molecule has 2 aromatic carbocycles. The molecule has 0 bridgehead atoms. The summed E-state index contributed by atoms with van der Waals surface area (Å²) in [5.41, 5.74) is 2.82. The quantitative estimate of drug-likeness (QED) is 0.370. The number of hydrogen-bond donors (Lipinski definition) is 1. The van der Waals surface area contributed by atoms with E-state index in [1.165, 1.54) is 0 Å². The van der Waals surface area contributed by atoms with Crippen LogP contribution in [0.15, 0.2) is 59.0 Å². The van der Waals surface area contributed by atoms with Gasteiger partial charge in [-0.25, -0.2) is 9.78 Å². The lowest BCUT2D eigenvalue weighted by atomic mass is 9.81. The highest BCUT2D eigenvalue weighted by Gasteiger charge is 2.36. The van der Waals surface area contributed by atoms with Crippen molar-refractivity contribution in [2.24, 2.45) is 17.8 Å². The molecule has 1 aliphatic rings. The van der Waals surface area contributed by atoms with Gasteiger partial charge in [0.15, 0.2) is 0 Å². The molecule has 1 aliphatic heterocycles. The minimum atomic E-state index is -0.816. The number of carbonyl (C=O) groups excluding carboxylic acids is 1. The van der Waals surface area contributed by atoms with E-state index >= 15 is 0 Å². The van der Waals surface area contributed by atoms with Gasteiger partial charge in [0.25, 0.3) is 0 Å². The minimum Gasteiger partial charge on any atom is -0.493 e. The lowest BCUT2D eigenvalue weighted by Gasteiger charge is -2.36. The first-order valence-corrected chi connectivity index (χ1v) is 13.2. The summed E-state index contributed by atoms with van der Waals surface area (Å²) in [5, 5.41) is 9.74. The van der Waals surface area contributed by atoms with Gasteiger partial charge in [0.2, 0.25) is 5.89 Å². The Labute approximate surface area is 223 Å². The predicted molar refractivity (Wildman–Crippen MR) is 143 cm³/mol. The fourth-order valence-corrected chi connectivity index (χ4v) is 4.71. The summed E-state index contributed by atoms with van der Waals surface area (Å²) < 4.78 is 17.1. The molecular formula is C30H36N2O6. The highest BCUT2D eigenvalue weighted by atomic mass is 16.6. The number of ether oxygens (including phenoxy) is 2. The van der Waals surface area contributed by atoms with Crippen LogP contribution in [0, 0.1) is 24.7 Å². The summed E-state index contributed by atoms with van der Waals surface area (Å²) >= 11 is 0. The Morgan fingerprint density at radius 2 is 1.87 bits per heavy atom. The number of carbonyl (C=O) groups is 2. The summed E-state index contributed by atoms with van der Waals surface area (Å²) in [6.45, 7) is 7.45. The number of aromatic nitrogens is 1. The number of piperidine rings is 1. The second-order valence-corrected chi connectivity index (χ2v) is 10.2. The number of aliphatic carboxylic acids is 1. The molecule has 0 spiro atoms. The molecule has 0 saturated carbocycles. The van der Waals surface area contributed by atoms with E-state index in [0.717, 1.165) is 28.3 Å². The summed E-state index contributed by atoms with van der Waals surface area (Å²) in [5.74, 6) is 0.875. The Balaban J connectivity index is 1.31. The fourth-order valence-electron chi connectivity index (χ4n) is 4.71. The molecule has 8 nitrogen and oxygen atoms in total. The topological polar surface area (TPSA) is 102 Å². The molecule has 8 heteroatoms. The van der Waals surface area contributed by atoms with Gasteiger partial charge in [-0.2, -0.15) is 0 Å². The van der Waals surface area contributed by atoms with E-state index in [9.17, 15) is 14.7 Å². The van der Waals surface area contributed by atoms with Crippen molar-refractivity contribution in [3.63, 3.8) is 0 Å². The molecule has 2 heterocycles. The molecule has 1 amide bonds. The van der Waals surface area contributed by atoms with Crippen LogP contribution >= 0.6 is 0 Å². The molecule has 0 aliphatic carbocycles. The second-order valence-electron chi connectivity index (χ2n) is 10.2. The van der Waals surface area contributed by atoms with Gasteiger partial charge in [0.1, 0.15) is 11.5 Å². The Kier molecular flexibility index (Phi) is 9.05. The molecule has 1 fully saturated rings. The number of carboxylic acid groups (broad SMARTS) is 1.